The highest BCUT2D eigenvalue weighted by Gasteiger charge is 2.32. The molecule has 18 heavy (non-hydrogen) atoms. The molecule has 0 spiro atoms. The Morgan fingerprint density at radius 2 is 2.17 bits per heavy atom. The third-order valence-corrected chi connectivity index (χ3v) is 4.48. The molecule has 0 radical (unpaired) electrons. The van der Waals surface area contributed by atoms with Crippen molar-refractivity contribution in [1.82, 2.24) is 0 Å². The summed E-state index contributed by atoms with van der Waals surface area (Å²) < 4.78 is 24.0. The number of nitrogens with zero attached hydrogens (tertiary/aromatic N) is 1. The molecule has 0 amide bonds. The summed E-state index contributed by atoms with van der Waals surface area (Å²) in [6.07, 6.45) is 0.215. The minimum absolute atomic E-state index is 0.160. The van der Waals surface area contributed by atoms with E-state index in [1.54, 1.807) is 0 Å². The molecule has 6 nitrogen and oxygen atoms in total. The fourth-order valence-electron chi connectivity index (χ4n) is 1.94. The number of benzene rings is 1. The number of oxime groups is 1. The predicted molar refractivity (Wildman–Crippen MR) is 63.6 cm³/mol. The van der Waals surface area contributed by atoms with Gasteiger partial charge in [0.05, 0.1) is 21.9 Å². The molecule has 0 aromatic heterocycles. The van der Waals surface area contributed by atoms with E-state index >= 15 is 0 Å². The molecule has 96 valence electrons. The molecule has 0 unspecified atom stereocenters. The number of rotatable bonds is 2. The molecule has 2 rings (SSSR count). The number of fused-ring (bicyclic) bond motifs is 1. The molecular weight excluding hydrogens is 258 g/mol. The van der Waals surface area contributed by atoms with Crippen molar-refractivity contribution in [3.8, 4) is 0 Å². The quantitative estimate of drug-likeness (QED) is 0.805. The fraction of sp³-hybridized carbons (Fsp3) is 0.273. The van der Waals surface area contributed by atoms with Crippen LogP contribution in [0.2, 0.25) is 0 Å². The number of aromatic carboxylic acids is 1. The van der Waals surface area contributed by atoms with Gasteiger partial charge >= 0.3 is 5.97 Å². The summed E-state index contributed by atoms with van der Waals surface area (Å²) in [6, 6.07) is 4.30. The Kier molecular flexibility index (Phi) is 3.08. The number of sulfone groups is 1. The lowest BCUT2D eigenvalue weighted by Gasteiger charge is -2.19. The molecule has 0 saturated carbocycles. The van der Waals surface area contributed by atoms with Gasteiger partial charge in [0.15, 0.2) is 9.84 Å². The molecule has 1 aromatic rings. The molecule has 7 heteroatoms. The molecule has 1 N–H and O–H groups in total. The third kappa shape index (κ3) is 1.97. The topological polar surface area (TPSA) is 93.0 Å². The molecule has 0 atom stereocenters. The van der Waals surface area contributed by atoms with Crippen molar-refractivity contribution in [3.05, 3.63) is 29.3 Å². The molecule has 0 bridgehead atoms. The number of hydrogen-bond acceptors (Lipinski definition) is 5. The highest BCUT2D eigenvalue weighted by atomic mass is 32.2. The van der Waals surface area contributed by atoms with Crippen molar-refractivity contribution in [2.75, 3.05) is 12.9 Å². The Bertz CT molecular complexity index is 633. The lowest BCUT2D eigenvalue weighted by molar-refractivity contribution is 0.0692. The normalized spacial score (nSPS) is 19.3. The van der Waals surface area contributed by atoms with Gasteiger partial charge in [-0.25, -0.2) is 13.2 Å². The van der Waals surface area contributed by atoms with Crippen LogP contribution in [0.15, 0.2) is 28.3 Å². The SMILES string of the molecule is CON=C1CCS(=O)(=O)c2c(C(=O)O)cccc21. The molecule has 0 saturated heterocycles. The first kappa shape index (κ1) is 12.6. The van der Waals surface area contributed by atoms with Gasteiger partial charge in [-0.05, 0) is 6.07 Å². The van der Waals surface area contributed by atoms with E-state index in [0.717, 1.165) is 0 Å². The van der Waals surface area contributed by atoms with Gasteiger partial charge in [-0.15, -0.1) is 0 Å². The van der Waals surface area contributed by atoms with Gasteiger partial charge in [0.25, 0.3) is 0 Å². The smallest absolute Gasteiger partial charge is 0.337 e. The Morgan fingerprint density at radius 3 is 2.78 bits per heavy atom. The van der Waals surface area contributed by atoms with Gasteiger partial charge in [0, 0.05) is 12.0 Å². The maximum Gasteiger partial charge on any atom is 0.337 e. The van der Waals surface area contributed by atoms with Gasteiger partial charge in [-0.2, -0.15) is 0 Å². The lowest BCUT2D eigenvalue weighted by atomic mass is 10.0. The van der Waals surface area contributed by atoms with Gasteiger partial charge in [0.1, 0.15) is 7.11 Å². The second-order valence-electron chi connectivity index (χ2n) is 3.78. The molecule has 0 fully saturated rings. The van der Waals surface area contributed by atoms with Crippen LogP contribution in [-0.4, -0.2) is 38.1 Å². The van der Waals surface area contributed by atoms with E-state index in [1.807, 2.05) is 0 Å². The van der Waals surface area contributed by atoms with Crippen LogP contribution in [-0.2, 0) is 14.7 Å². The van der Waals surface area contributed by atoms with Crippen LogP contribution in [0.4, 0.5) is 0 Å². The summed E-state index contributed by atoms with van der Waals surface area (Å²) >= 11 is 0. The first-order valence-electron chi connectivity index (χ1n) is 5.17. The van der Waals surface area contributed by atoms with E-state index in [2.05, 4.69) is 9.99 Å². The van der Waals surface area contributed by atoms with Crippen molar-refractivity contribution in [2.45, 2.75) is 11.3 Å². The maximum absolute atomic E-state index is 12.0. The van der Waals surface area contributed by atoms with Crippen LogP contribution < -0.4 is 0 Å². The highest BCUT2D eigenvalue weighted by molar-refractivity contribution is 7.91. The van der Waals surface area contributed by atoms with Crippen LogP contribution in [0.5, 0.6) is 0 Å². The minimum atomic E-state index is -3.59. The van der Waals surface area contributed by atoms with Gasteiger partial charge in [-0.1, -0.05) is 17.3 Å². The summed E-state index contributed by atoms with van der Waals surface area (Å²) in [7, 11) is -2.23. The van der Waals surface area contributed by atoms with Gasteiger partial charge < -0.3 is 9.94 Å². The van der Waals surface area contributed by atoms with E-state index in [4.69, 9.17) is 5.11 Å². The summed E-state index contributed by atoms with van der Waals surface area (Å²) in [5.41, 5.74) is 0.532. The van der Waals surface area contributed by atoms with Crippen molar-refractivity contribution in [1.29, 1.82) is 0 Å². The van der Waals surface area contributed by atoms with Crippen LogP contribution >= 0.6 is 0 Å². The molecule has 1 aromatic carbocycles. The van der Waals surface area contributed by atoms with E-state index in [9.17, 15) is 13.2 Å². The van der Waals surface area contributed by atoms with E-state index < -0.39 is 15.8 Å². The van der Waals surface area contributed by atoms with Crippen molar-refractivity contribution < 1.29 is 23.2 Å². The van der Waals surface area contributed by atoms with Crippen LogP contribution in [0.3, 0.4) is 0 Å². The average Bonchev–Trinajstić information content (AvgIpc) is 2.32. The number of carboxylic acids is 1. The van der Waals surface area contributed by atoms with E-state index in [0.29, 0.717) is 11.3 Å². The molecular formula is C11H11NO5S. The zero-order valence-corrected chi connectivity index (χ0v) is 10.4. The zero-order chi connectivity index (χ0) is 13.3. The van der Waals surface area contributed by atoms with Crippen LogP contribution in [0.25, 0.3) is 0 Å². The third-order valence-electron chi connectivity index (χ3n) is 2.68. The molecule has 0 aliphatic carbocycles. The Balaban J connectivity index is 2.79. The van der Waals surface area contributed by atoms with Crippen molar-refractivity contribution in [2.24, 2.45) is 5.16 Å². The van der Waals surface area contributed by atoms with E-state index in [-0.39, 0.29) is 22.6 Å². The van der Waals surface area contributed by atoms with Crippen molar-refractivity contribution in [3.63, 3.8) is 0 Å². The van der Waals surface area contributed by atoms with Crippen LogP contribution in [0.1, 0.15) is 22.3 Å². The standard InChI is InChI=1S/C11H11NO5S/c1-17-12-9-5-6-18(15,16)10-7(9)3-2-4-8(10)11(13)14/h2-4H,5-6H2,1H3,(H,13,14). The summed E-state index contributed by atoms with van der Waals surface area (Å²) in [5, 5.41) is 12.8. The van der Waals surface area contributed by atoms with E-state index in [1.165, 1.54) is 25.3 Å². The Morgan fingerprint density at radius 1 is 1.44 bits per heavy atom. The molecule has 1 aliphatic heterocycles. The zero-order valence-electron chi connectivity index (χ0n) is 9.58. The monoisotopic (exact) mass is 269 g/mol. The summed E-state index contributed by atoms with van der Waals surface area (Å²) in [6.45, 7) is 0. The summed E-state index contributed by atoms with van der Waals surface area (Å²) in [5.74, 6) is -1.43. The van der Waals surface area contributed by atoms with Crippen LogP contribution in [0, 0.1) is 0 Å². The number of carbonyl (C=O) groups is 1. The largest absolute Gasteiger partial charge is 0.478 e. The average molecular weight is 269 g/mol. The maximum atomic E-state index is 12.0. The summed E-state index contributed by atoms with van der Waals surface area (Å²) in [4.78, 5) is 15.6. The minimum Gasteiger partial charge on any atom is -0.478 e. The molecule has 1 heterocycles. The van der Waals surface area contributed by atoms with Gasteiger partial charge in [0.2, 0.25) is 0 Å². The Hall–Kier alpha value is -1.89. The predicted octanol–water partition coefficient (Wildman–Crippen LogP) is 0.913. The second kappa shape index (κ2) is 4.41. The highest BCUT2D eigenvalue weighted by Crippen LogP contribution is 2.29. The fourth-order valence-corrected chi connectivity index (χ4v) is 3.62. The van der Waals surface area contributed by atoms with Gasteiger partial charge in [-0.3, -0.25) is 0 Å². The first-order valence-corrected chi connectivity index (χ1v) is 6.82. The number of carboxylic acid groups (broad SMARTS) is 1. The second-order valence-corrected chi connectivity index (χ2v) is 5.82. The number of hydrogen-bond donors (Lipinski definition) is 1. The first-order chi connectivity index (χ1) is 8.47. The van der Waals surface area contributed by atoms with Crippen molar-refractivity contribution >= 4 is 21.5 Å². The molecule has 1 aliphatic rings. The lowest BCUT2D eigenvalue weighted by Crippen LogP contribution is -2.25. The Labute approximate surface area is 104 Å².